The van der Waals surface area contributed by atoms with Crippen LogP contribution in [-0.4, -0.2) is 31.9 Å². The van der Waals surface area contributed by atoms with E-state index >= 15 is 0 Å². The number of pyridine rings is 1. The number of halogens is 3. The fraction of sp³-hybridized carbons (Fsp3) is 0.409. The van der Waals surface area contributed by atoms with Crippen LogP contribution < -0.4 is 0 Å². The monoisotopic (exact) mass is 418 g/mol. The molecule has 0 radical (unpaired) electrons. The summed E-state index contributed by atoms with van der Waals surface area (Å²) in [6.07, 6.45) is -0.324. The average Bonchev–Trinajstić information content (AvgIpc) is 3.07. The molecule has 0 saturated heterocycles. The van der Waals surface area contributed by atoms with Gasteiger partial charge in [0.2, 0.25) is 0 Å². The lowest BCUT2D eigenvalue weighted by Gasteiger charge is -2.23. The maximum Gasteiger partial charge on any atom is 0.416 e. The van der Waals surface area contributed by atoms with Gasteiger partial charge in [-0.25, -0.2) is 9.97 Å². The largest absolute Gasteiger partial charge is 0.416 e. The van der Waals surface area contributed by atoms with Crippen LogP contribution in [0.3, 0.4) is 0 Å². The molecule has 0 aliphatic rings. The van der Waals surface area contributed by atoms with Gasteiger partial charge in [0.25, 0.3) is 5.91 Å². The van der Waals surface area contributed by atoms with Crippen molar-refractivity contribution in [2.45, 2.75) is 52.4 Å². The summed E-state index contributed by atoms with van der Waals surface area (Å²) in [5.41, 5.74) is 0.683. The number of nitrogens with zero attached hydrogens (tertiary/aromatic N) is 4. The van der Waals surface area contributed by atoms with Crippen molar-refractivity contribution in [2.24, 2.45) is 0 Å². The van der Waals surface area contributed by atoms with Crippen molar-refractivity contribution in [3.05, 3.63) is 59.5 Å². The van der Waals surface area contributed by atoms with Gasteiger partial charge in [0.05, 0.1) is 12.1 Å². The van der Waals surface area contributed by atoms with Crippen molar-refractivity contribution >= 4 is 17.1 Å². The fourth-order valence-corrected chi connectivity index (χ4v) is 3.37. The summed E-state index contributed by atoms with van der Waals surface area (Å²) in [6.45, 7) is 5.40. The summed E-state index contributed by atoms with van der Waals surface area (Å²) < 4.78 is 41.3. The summed E-state index contributed by atoms with van der Waals surface area (Å²) in [5.74, 6) is 0.250. The quantitative estimate of drug-likeness (QED) is 0.499. The van der Waals surface area contributed by atoms with E-state index in [-0.39, 0.29) is 12.1 Å². The van der Waals surface area contributed by atoms with Crippen molar-refractivity contribution in [3.8, 4) is 0 Å². The molecule has 0 atom stereocenters. The molecule has 1 amide bonds. The standard InChI is InChI=1S/C22H25F3N4O/c1-3-5-13-28(21(30)16-8-6-9-17(14-16)22(23,24)25)15-19-27-18-10-7-11-26-20(18)29(19)12-4-2/h6-11,14H,3-5,12-13,15H2,1-2H3. The summed E-state index contributed by atoms with van der Waals surface area (Å²) >= 11 is 0. The molecule has 3 rings (SSSR count). The molecule has 0 spiro atoms. The number of carbonyl (C=O) groups is 1. The van der Waals surface area contributed by atoms with Crippen LogP contribution in [0, 0.1) is 0 Å². The first kappa shape index (κ1) is 21.8. The Labute approximate surface area is 173 Å². The lowest BCUT2D eigenvalue weighted by Crippen LogP contribution is -2.33. The molecule has 160 valence electrons. The van der Waals surface area contributed by atoms with Crippen LogP contribution in [-0.2, 0) is 19.3 Å². The third-order valence-corrected chi connectivity index (χ3v) is 4.87. The number of aromatic nitrogens is 3. The lowest BCUT2D eigenvalue weighted by molar-refractivity contribution is -0.137. The Balaban J connectivity index is 1.95. The molecule has 30 heavy (non-hydrogen) atoms. The lowest BCUT2D eigenvalue weighted by atomic mass is 10.1. The maximum atomic E-state index is 13.1. The summed E-state index contributed by atoms with van der Waals surface area (Å²) in [7, 11) is 0. The number of benzene rings is 1. The molecule has 0 bridgehead atoms. The number of hydrogen-bond acceptors (Lipinski definition) is 3. The van der Waals surface area contributed by atoms with Gasteiger partial charge in [-0.1, -0.05) is 26.3 Å². The van der Waals surface area contributed by atoms with Crippen LogP contribution in [0.25, 0.3) is 11.2 Å². The van der Waals surface area contributed by atoms with Crippen LogP contribution >= 0.6 is 0 Å². The molecule has 0 fully saturated rings. The second kappa shape index (κ2) is 9.28. The Morgan fingerprint density at radius 2 is 1.93 bits per heavy atom. The molecule has 2 heterocycles. The van der Waals surface area contributed by atoms with E-state index in [0.717, 1.165) is 42.6 Å². The third kappa shape index (κ3) is 4.80. The molecule has 1 aromatic carbocycles. The highest BCUT2D eigenvalue weighted by molar-refractivity contribution is 5.94. The van der Waals surface area contributed by atoms with Gasteiger partial charge in [-0.15, -0.1) is 0 Å². The van der Waals surface area contributed by atoms with E-state index < -0.39 is 17.6 Å². The molecule has 0 saturated carbocycles. The van der Waals surface area contributed by atoms with Crippen LogP contribution in [0.4, 0.5) is 13.2 Å². The predicted octanol–water partition coefficient (Wildman–Crippen LogP) is 5.30. The molecule has 0 aliphatic heterocycles. The third-order valence-electron chi connectivity index (χ3n) is 4.87. The number of alkyl halides is 3. The van der Waals surface area contributed by atoms with Gasteiger partial charge < -0.3 is 9.47 Å². The topological polar surface area (TPSA) is 51.0 Å². The minimum atomic E-state index is -4.49. The highest BCUT2D eigenvalue weighted by Crippen LogP contribution is 2.30. The van der Waals surface area contributed by atoms with Gasteiger partial charge >= 0.3 is 6.18 Å². The molecular weight excluding hydrogens is 393 g/mol. The van der Waals surface area contributed by atoms with E-state index in [4.69, 9.17) is 0 Å². The van der Waals surface area contributed by atoms with Crippen molar-refractivity contribution in [2.75, 3.05) is 6.54 Å². The van der Waals surface area contributed by atoms with E-state index in [9.17, 15) is 18.0 Å². The second-order valence-corrected chi connectivity index (χ2v) is 7.18. The number of fused-ring (bicyclic) bond motifs is 1. The van der Waals surface area contributed by atoms with Gasteiger partial charge in [-0.3, -0.25) is 4.79 Å². The zero-order valence-electron chi connectivity index (χ0n) is 17.1. The predicted molar refractivity (Wildman–Crippen MR) is 109 cm³/mol. The molecule has 3 aromatic rings. The van der Waals surface area contributed by atoms with E-state index in [1.54, 1.807) is 17.2 Å². The average molecular weight is 418 g/mol. The van der Waals surface area contributed by atoms with Crippen molar-refractivity contribution in [3.63, 3.8) is 0 Å². The highest BCUT2D eigenvalue weighted by atomic mass is 19.4. The smallest absolute Gasteiger partial charge is 0.331 e. The Kier molecular flexibility index (Phi) is 6.74. The highest BCUT2D eigenvalue weighted by Gasteiger charge is 2.31. The summed E-state index contributed by atoms with van der Waals surface area (Å²) in [6, 6.07) is 8.25. The van der Waals surface area contributed by atoms with Crippen molar-refractivity contribution in [1.29, 1.82) is 0 Å². The van der Waals surface area contributed by atoms with Crippen LogP contribution in [0.15, 0.2) is 42.6 Å². The van der Waals surface area contributed by atoms with E-state index in [1.807, 2.05) is 24.5 Å². The summed E-state index contributed by atoms with van der Waals surface area (Å²) in [4.78, 5) is 23.7. The second-order valence-electron chi connectivity index (χ2n) is 7.18. The number of rotatable bonds is 8. The van der Waals surface area contributed by atoms with Gasteiger partial charge in [-0.2, -0.15) is 13.2 Å². The van der Waals surface area contributed by atoms with Crippen LogP contribution in [0.1, 0.15) is 54.9 Å². The first-order valence-electron chi connectivity index (χ1n) is 10.1. The Bertz CT molecular complexity index is 1010. The summed E-state index contributed by atoms with van der Waals surface area (Å²) in [5, 5.41) is 0. The van der Waals surface area contributed by atoms with Crippen LogP contribution in [0.2, 0.25) is 0 Å². The Hall–Kier alpha value is -2.90. The number of imidazole rings is 1. The van der Waals surface area contributed by atoms with Gasteiger partial charge in [0.15, 0.2) is 5.65 Å². The zero-order valence-corrected chi connectivity index (χ0v) is 17.1. The molecule has 0 unspecified atom stereocenters. The number of amides is 1. The van der Waals surface area contributed by atoms with Gasteiger partial charge in [-0.05, 0) is 43.2 Å². The number of carbonyl (C=O) groups excluding carboxylic acids is 1. The molecule has 0 aliphatic carbocycles. The molecule has 8 heteroatoms. The Morgan fingerprint density at radius 3 is 2.63 bits per heavy atom. The SMILES string of the molecule is CCCCN(Cc1nc2cccnc2n1CCC)C(=O)c1cccc(C(F)(F)F)c1. The van der Waals surface area contributed by atoms with Crippen LogP contribution in [0.5, 0.6) is 0 Å². The minimum absolute atomic E-state index is 0.0252. The normalized spacial score (nSPS) is 11.8. The molecule has 0 N–H and O–H groups in total. The van der Waals surface area contributed by atoms with Crippen molar-refractivity contribution in [1.82, 2.24) is 19.4 Å². The van der Waals surface area contributed by atoms with Gasteiger partial charge in [0, 0.05) is 24.8 Å². The van der Waals surface area contributed by atoms with Gasteiger partial charge in [0.1, 0.15) is 11.3 Å². The first-order chi connectivity index (χ1) is 14.3. The Morgan fingerprint density at radius 1 is 1.13 bits per heavy atom. The molecule has 5 nitrogen and oxygen atoms in total. The van der Waals surface area contributed by atoms with Crippen molar-refractivity contribution < 1.29 is 18.0 Å². The fourth-order valence-electron chi connectivity index (χ4n) is 3.37. The zero-order chi connectivity index (χ0) is 21.7. The minimum Gasteiger partial charge on any atom is -0.331 e. The van der Waals surface area contributed by atoms with E-state index in [0.29, 0.717) is 18.9 Å². The number of hydrogen-bond donors (Lipinski definition) is 0. The first-order valence-corrected chi connectivity index (χ1v) is 10.1. The molecule has 2 aromatic heterocycles. The molecular formula is C22H25F3N4O. The number of aryl methyl sites for hydroxylation is 1. The maximum absolute atomic E-state index is 13.1. The van der Waals surface area contributed by atoms with E-state index in [1.165, 1.54) is 12.1 Å². The number of unbranched alkanes of at least 4 members (excludes halogenated alkanes) is 1. The van der Waals surface area contributed by atoms with E-state index in [2.05, 4.69) is 9.97 Å².